The SMILES string of the molecule is NCCNCCCc1ccc(S(=O)(=O)N2CCCC2)cc1. The van der Waals surface area contributed by atoms with Crippen LogP contribution in [0.5, 0.6) is 0 Å². The maximum Gasteiger partial charge on any atom is 0.243 e. The van der Waals surface area contributed by atoms with E-state index >= 15 is 0 Å². The fourth-order valence-corrected chi connectivity index (χ4v) is 4.07. The van der Waals surface area contributed by atoms with Crippen molar-refractivity contribution in [2.75, 3.05) is 32.7 Å². The molecule has 0 atom stereocenters. The summed E-state index contributed by atoms with van der Waals surface area (Å²) < 4.78 is 26.3. The Morgan fingerprint density at radius 3 is 2.38 bits per heavy atom. The number of hydrogen-bond acceptors (Lipinski definition) is 4. The van der Waals surface area contributed by atoms with Crippen molar-refractivity contribution in [1.82, 2.24) is 9.62 Å². The lowest BCUT2D eigenvalue weighted by molar-refractivity contribution is 0.477. The molecule has 1 aromatic rings. The van der Waals surface area contributed by atoms with Gasteiger partial charge < -0.3 is 11.1 Å². The molecule has 1 saturated heterocycles. The van der Waals surface area contributed by atoms with Crippen molar-refractivity contribution in [3.63, 3.8) is 0 Å². The van der Waals surface area contributed by atoms with E-state index in [2.05, 4.69) is 5.32 Å². The summed E-state index contributed by atoms with van der Waals surface area (Å²) in [7, 11) is -3.28. The van der Waals surface area contributed by atoms with Gasteiger partial charge in [-0.2, -0.15) is 4.31 Å². The summed E-state index contributed by atoms with van der Waals surface area (Å²) in [6.45, 7) is 3.73. The zero-order valence-electron chi connectivity index (χ0n) is 12.4. The number of sulfonamides is 1. The Morgan fingerprint density at radius 1 is 1.10 bits per heavy atom. The molecule has 21 heavy (non-hydrogen) atoms. The molecule has 1 aliphatic rings. The van der Waals surface area contributed by atoms with E-state index in [-0.39, 0.29) is 0 Å². The quantitative estimate of drug-likeness (QED) is 0.701. The monoisotopic (exact) mass is 311 g/mol. The molecule has 0 saturated carbocycles. The van der Waals surface area contributed by atoms with Crippen LogP contribution in [0, 0.1) is 0 Å². The average Bonchev–Trinajstić information content (AvgIpc) is 3.02. The molecule has 0 aromatic heterocycles. The first kappa shape index (κ1) is 16.4. The lowest BCUT2D eigenvalue weighted by Crippen LogP contribution is -2.27. The molecule has 0 amide bonds. The molecular weight excluding hydrogens is 286 g/mol. The maximum absolute atomic E-state index is 12.4. The molecule has 1 aliphatic heterocycles. The second-order valence-corrected chi connectivity index (χ2v) is 7.34. The number of nitrogens with two attached hydrogens (primary N) is 1. The highest BCUT2D eigenvalue weighted by Crippen LogP contribution is 2.21. The van der Waals surface area contributed by atoms with Gasteiger partial charge in [0.05, 0.1) is 4.90 Å². The van der Waals surface area contributed by atoms with Gasteiger partial charge in [0.15, 0.2) is 0 Å². The van der Waals surface area contributed by atoms with Crippen LogP contribution in [0.15, 0.2) is 29.2 Å². The van der Waals surface area contributed by atoms with Crippen LogP contribution >= 0.6 is 0 Å². The summed E-state index contributed by atoms with van der Waals surface area (Å²) in [4.78, 5) is 0.411. The molecule has 0 aliphatic carbocycles. The number of benzene rings is 1. The molecule has 2 rings (SSSR count). The molecule has 3 N–H and O–H groups in total. The smallest absolute Gasteiger partial charge is 0.243 e. The molecule has 5 nitrogen and oxygen atoms in total. The van der Waals surface area contributed by atoms with Gasteiger partial charge >= 0.3 is 0 Å². The molecule has 1 heterocycles. The largest absolute Gasteiger partial charge is 0.329 e. The van der Waals surface area contributed by atoms with Crippen molar-refractivity contribution in [2.24, 2.45) is 5.73 Å². The van der Waals surface area contributed by atoms with Crippen molar-refractivity contribution in [1.29, 1.82) is 0 Å². The van der Waals surface area contributed by atoms with Crippen molar-refractivity contribution in [2.45, 2.75) is 30.6 Å². The summed E-state index contributed by atoms with van der Waals surface area (Å²) in [5.41, 5.74) is 6.58. The van der Waals surface area contributed by atoms with E-state index in [4.69, 9.17) is 5.73 Å². The van der Waals surface area contributed by atoms with Crippen LogP contribution < -0.4 is 11.1 Å². The van der Waals surface area contributed by atoms with E-state index in [0.717, 1.165) is 38.8 Å². The summed E-state index contributed by atoms with van der Waals surface area (Å²) in [5, 5.41) is 3.25. The van der Waals surface area contributed by atoms with Gasteiger partial charge in [0, 0.05) is 26.2 Å². The molecule has 0 spiro atoms. The average molecular weight is 311 g/mol. The predicted octanol–water partition coefficient (Wildman–Crippen LogP) is 0.952. The van der Waals surface area contributed by atoms with Crippen LogP contribution in [0.4, 0.5) is 0 Å². The van der Waals surface area contributed by atoms with Crippen molar-refractivity contribution >= 4 is 10.0 Å². The van der Waals surface area contributed by atoms with Crippen LogP contribution in [-0.4, -0.2) is 45.4 Å². The van der Waals surface area contributed by atoms with Crippen LogP contribution in [0.1, 0.15) is 24.8 Å². The minimum atomic E-state index is -3.28. The highest BCUT2D eigenvalue weighted by atomic mass is 32.2. The molecule has 1 aromatic carbocycles. The van der Waals surface area contributed by atoms with Gasteiger partial charge in [-0.1, -0.05) is 12.1 Å². The molecular formula is C15H25N3O2S. The van der Waals surface area contributed by atoms with Crippen molar-refractivity contribution < 1.29 is 8.42 Å². The normalized spacial score (nSPS) is 16.4. The molecule has 0 bridgehead atoms. The Hall–Kier alpha value is -0.950. The lowest BCUT2D eigenvalue weighted by Gasteiger charge is -2.15. The van der Waals surface area contributed by atoms with Gasteiger partial charge in [0.2, 0.25) is 10.0 Å². The van der Waals surface area contributed by atoms with Gasteiger partial charge in [0.25, 0.3) is 0 Å². The molecule has 6 heteroatoms. The van der Waals surface area contributed by atoms with Crippen LogP contribution in [-0.2, 0) is 16.4 Å². The van der Waals surface area contributed by atoms with Gasteiger partial charge in [-0.25, -0.2) is 8.42 Å². The van der Waals surface area contributed by atoms with E-state index in [0.29, 0.717) is 24.5 Å². The van der Waals surface area contributed by atoms with E-state index in [1.165, 1.54) is 5.56 Å². The van der Waals surface area contributed by atoms with Crippen LogP contribution in [0.25, 0.3) is 0 Å². The minimum absolute atomic E-state index is 0.411. The topological polar surface area (TPSA) is 75.4 Å². The van der Waals surface area contributed by atoms with Crippen LogP contribution in [0.2, 0.25) is 0 Å². The van der Waals surface area contributed by atoms with Crippen molar-refractivity contribution in [3.8, 4) is 0 Å². The minimum Gasteiger partial charge on any atom is -0.329 e. The van der Waals surface area contributed by atoms with Gasteiger partial charge in [-0.3, -0.25) is 0 Å². The third kappa shape index (κ3) is 4.51. The fourth-order valence-electron chi connectivity index (χ4n) is 2.55. The third-order valence-electron chi connectivity index (χ3n) is 3.77. The predicted molar refractivity (Wildman–Crippen MR) is 84.7 cm³/mol. The molecule has 0 unspecified atom stereocenters. The number of nitrogens with zero attached hydrogens (tertiary/aromatic N) is 1. The lowest BCUT2D eigenvalue weighted by atomic mass is 10.1. The van der Waals surface area contributed by atoms with E-state index in [9.17, 15) is 8.42 Å². The molecule has 0 radical (unpaired) electrons. The summed E-state index contributed by atoms with van der Waals surface area (Å²) in [6.07, 6.45) is 3.90. The van der Waals surface area contributed by atoms with E-state index < -0.39 is 10.0 Å². The Morgan fingerprint density at radius 2 is 1.76 bits per heavy atom. The standard InChI is InChI=1S/C15H25N3O2S/c16-9-11-17-10-3-4-14-5-7-15(8-6-14)21(19,20)18-12-1-2-13-18/h5-8,17H,1-4,9-13,16H2. The summed E-state index contributed by atoms with van der Waals surface area (Å²) in [6, 6.07) is 7.31. The van der Waals surface area contributed by atoms with E-state index in [1.54, 1.807) is 16.4 Å². The number of hydrogen-bond donors (Lipinski definition) is 2. The van der Waals surface area contributed by atoms with Crippen molar-refractivity contribution in [3.05, 3.63) is 29.8 Å². The first-order chi connectivity index (χ1) is 10.1. The third-order valence-corrected chi connectivity index (χ3v) is 5.68. The van der Waals surface area contributed by atoms with Crippen LogP contribution in [0.3, 0.4) is 0 Å². The van der Waals surface area contributed by atoms with Gasteiger partial charge in [0.1, 0.15) is 0 Å². The van der Waals surface area contributed by atoms with Gasteiger partial charge in [-0.05, 0) is 49.9 Å². The first-order valence-corrected chi connectivity index (χ1v) is 9.08. The highest BCUT2D eigenvalue weighted by Gasteiger charge is 2.26. The molecule has 118 valence electrons. The first-order valence-electron chi connectivity index (χ1n) is 7.64. The fraction of sp³-hybridized carbons (Fsp3) is 0.600. The maximum atomic E-state index is 12.4. The Balaban J connectivity index is 1.89. The summed E-state index contributed by atoms with van der Waals surface area (Å²) >= 11 is 0. The highest BCUT2D eigenvalue weighted by molar-refractivity contribution is 7.89. The Labute approximate surface area is 127 Å². The number of aryl methyl sites for hydroxylation is 1. The number of nitrogens with one attached hydrogen (secondary N) is 1. The Kier molecular flexibility index (Phi) is 6.17. The summed E-state index contributed by atoms with van der Waals surface area (Å²) in [5.74, 6) is 0. The molecule has 1 fully saturated rings. The zero-order valence-corrected chi connectivity index (χ0v) is 13.2. The second-order valence-electron chi connectivity index (χ2n) is 5.40. The Bertz CT molecular complexity index is 522. The second kappa shape index (κ2) is 7.89. The van der Waals surface area contributed by atoms with Gasteiger partial charge in [-0.15, -0.1) is 0 Å². The zero-order chi connectivity index (χ0) is 15.1. The number of rotatable bonds is 8. The van der Waals surface area contributed by atoms with E-state index in [1.807, 2.05) is 12.1 Å².